The summed E-state index contributed by atoms with van der Waals surface area (Å²) in [6, 6.07) is 1.95. The van der Waals surface area contributed by atoms with Gasteiger partial charge in [-0.15, -0.1) is 0 Å². The summed E-state index contributed by atoms with van der Waals surface area (Å²) in [5.41, 5.74) is 4.85. The molecule has 0 N–H and O–H groups in total. The minimum Gasteiger partial charge on any atom is -0.493 e. The number of ether oxygens (including phenoxy) is 3. The number of allylic oxidation sites excluding steroid dienone is 2. The van der Waals surface area contributed by atoms with Crippen molar-refractivity contribution >= 4 is 0 Å². The fourth-order valence-electron chi connectivity index (χ4n) is 3.01. The lowest BCUT2D eigenvalue weighted by atomic mass is 9.98. The predicted octanol–water partition coefficient (Wildman–Crippen LogP) is 3.10. The quantitative estimate of drug-likeness (QED) is 0.790. The van der Waals surface area contributed by atoms with Crippen LogP contribution in [0, 0.1) is 11.8 Å². The van der Waals surface area contributed by atoms with Gasteiger partial charge in [-0.1, -0.05) is 17.4 Å². The Morgan fingerprint density at radius 2 is 1.75 bits per heavy atom. The predicted molar refractivity (Wildman–Crippen MR) is 77.6 cm³/mol. The van der Waals surface area contributed by atoms with Gasteiger partial charge in [0.1, 0.15) is 0 Å². The Labute approximate surface area is 119 Å². The Balaban J connectivity index is 2.20. The molecule has 0 atom stereocenters. The van der Waals surface area contributed by atoms with Gasteiger partial charge in [0, 0.05) is 22.8 Å². The van der Waals surface area contributed by atoms with Crippen molar-refractivity contribution in [2.45, 2.75) is 25.7 Å². The first-order chi connectivity index (χ1) is 9.78. The number of fused-ring (bicyclic) bond motifs is 1. The number of benzene rings is 1. The molecule has 3 nitrogen and oxygen atoms in total. The SMILES string of the molecule is COc1cc2c(c(OC)c1OC)CC1=C(C#C2)CCC1. The summed E-state index contributed by atoms with van der Waals surface area (Å²) in [4.78, 5) is 0. The van der Waals surface area contributed by atoms with Gasteiger partial charge in [-0.2, -0.15) is 0 Å². The lowest BCUT2D eigenvalue weighted by molar-refractivity contribution is 0.322. The van der Waals surface area contributed by atoms with Crippen molar-refractivity contribution in [2.24, 2.45) is 0 Å². The number of hydrogen-bond donors (Lipinski definition) is 0. The molecular formula is C17H18O3. The highest BCUT2D eigenvalue weighted by Crippen LogP contribution is 2.44. The average molecular weight is 270 g/mol. The molecule has 0 heterocycles. The fourth-order valence-corrected chi connectivity index (χ4v) is 3.01. The molecule has 0 saturated heterocycles. The van der Waals surface area contributed by atoms with Crippen LogP contribution in [0.3, 0.4) is 0 Å². The Morgan fingerprint density at radius 3 is 2.45 bits per heavy atom. The number of rotatable bonds is 3. The first-order valence-corrected chi connectivity index (χ1v) is 6.83. The van der Waals surface area contributed by atoms with E-state index in [2.05, 4.69) is 11.8 Å². The lowest BCUT2D eigenvalue weighted by Crippen LogP contribution is -2.02. The minimum absolute atomic E-state index is 0.651. The van der Waals surface area contributed by atoms with Gasteiger partial charge in [0.2, 0.25) is 5.75 Å². The van der Waals surface area contributed by atoms with E-state index in [9.17, 15) is 0 Å². The minimum atomic E-state index is 0.651. The Bertz CT molecular complexity index is 644. The lowest BCUT2D eigenvalue weighted by Gasteiger charge is -2.17. The summed E-state index contributed by atoms with van der Waals surface area (Å²) in [5, 5.41) is 0. The maximum atomic E-state index is 5.59. The molecule has 2 aliphatic carbocycles. The van der Waals surface area contributed by atoms with E-state index >= 15 is 0 Å². The topological polar surface area (TPSA) is 27.7 Å². The maximum Gasteiger partial charge on any atom is 0.203 e. The zero-order valence-electron chi connectivity index (χ0n) is 12.1. The summed E-state index contributed by atoms with van der Waals surface area (Å²) < 4.78 is 16.4. The van der Waals surface area contributed by atoms with Crippen LogP contribution in [-0.4, -0.2) is 21.3 Å². The second-order valence-corrected chi connectivity index (χ2v) is 5.03. The molecule has 0 fully saturated rings. The molecule has 0 amide bonds. The molecule has 0 aromatic heterocycles. The highest BCUT2D eigenvalue weighted by atomic mass is 16.5. The van der Waals surface area contributed by atoms with E-state index in [1.165, 1.54) is 17.6 Å². The van der Waals surface area contributed by atoms with E-state index < -0.39 is 0 Å². The van der Waals surface area contributed by atoms with Gasteiger partial charge in [-0.05, 0) is 25.7 Å². The van der Waals surface area contributed by atoms with Crippen molar-refractivity contribution in [3.8, 4) is 29.1 Å². The third-order valence-corrected chi connectivity index (χ3v) is 4.00. The summed E-state index contributed by atoms with van der Waals surface area (Å²) in [6.45, 7) is 0. The van der Waals surface area contributed by atoms with Crippen molar-refractivity contribution in [3.05, 3.63) is 28.3 Å². The summed E-state index contributed by atoms with van der Waals surface area (Å²) in [6.07, 6.45) is 4.34. The van der Waals surface area contributed by atoms with Crippen LogP contribution in [0.15, 0.2) is 17.2 Å². The highest BCUT2D eigenvalue weighted by molar-refractivity contribution is 5.66. The van der Waals surface area contributed by atoms with Crippen LogP contribution in [0.4, 0.5) is 0 Å². The first kappa shape index (κ1) is 12.9. The Morgan fingerprint density at radius 1 is 0.950 bits per heavy atom. The zero-order valence-corrected chi connectivity index (χ0v) is 12.1. The van der Waals surface area contributed by atoms with E-state index in [4.69, 9.17) is 14.2 Å². The van der Waals surface area contributed by atoms with Gasteiger partial charge < -0.3 is 14.2 Å². The summed E-state index contributed by atoms with van der Waals surface area (Å²) in [7, 11) is 4.93. The molecule has 2 aliphatic rings. The van der Waals surface area contributed by atoms with Crippen LogP contribution in [0.5, 0.6) is 17.2 Å². The van der Waals surface area contributed by atoms with Crippen molar-refractivity contribution < 1.29 is 14.2 Å². The molecule has 3 rings (SSSR count). The molecule has 0 radical (unpaired) electrons. The molecule has 0 aliphatic heterocycles. The normalized spacial score (nSPS) is 15.8. The molecule has 1 aromatic rings. The van der Waals surface area contributed by atoms with Gasteiger partial charge >= 0.3 is 0 Å². The van der Waals surface area contributed by atoms with E-state index in [-0.39, 0.29) is 0 Å². The first-order valence-electron chi connectivity index (χ1n) is 6.83. The number of hydrogen-bond acceptors (Lipinski definition) is 3. The molecule has 0 saturated carbocycles. The van der Waals surface area contributed by atoms with E-state index in [1.807, 2.05) is 6.07 Å². The molecule has 104 valence electrons. The van der Waals surface area contributed by atoms with Gasteiger partial charge in [0.25, 0.3) is 0 Å². The third-order valence-electron chi connectivity index (χ3n) is 4.00. The largest absolute Gasteiger partial charge is 0.493 e. The highest BCUT2D eigenvalue weighted by Gasteiger charge is 2.24. The third kappa shape index (κ3) is 1.92. The van der Waals surface area contributed by atoms with Crippen LogP contribution < -0.4 is 14.2 Å². The molecule has 0 bridgehead atoms. The van der Waals surface area contributed by atoms with Gasteiger partial charge in [0.15, 0.2) is 11.5 Å². The van der Waals surface area contributed by atoms with Crippen molar-refractivity contribution in [1.29, 1.82) is 0 Å². The van der Waals surface area contributed by atoms with Crippen molar-refractivity contribution in [2.75, 3.05) is 21.3 Å². The molecule has 20 heavy (non-hydrogen) atoms. The number of methoxy groups -OCH3 is 3. The second-order valence-electron chi connectivity index (χ2n) is 5.03. The van der Waals surface area contributed by atoms with E-state index in [0.717, 1.165) is 36.1 Å². The fraction of sp³-hybridized carbons (Fsp3) is 0.412. The standard InChI is InChI=1S/C17H18O3/c1-18-15-10-13-8-7-11-5-4-6-12(11)9-14(13)16(19-2)17(15)20-3/h10H,4-6,9H2,1-3H3. The van der Waals surface area contributed by atoms with Crippen LogP contribution in [0.2, 0.25) is 0 Å². The van der Waals surface area contributed by atoms with Gasteiger partial charge in [-0.3, -0.25) is 0 Å². The molecule has 0 unspecified atom stereocenters. The van der Waals surface area contributed by atoms with Crippen LogP contribution in [-0.2, 0) is 6.42 Å². The monoisotopic (exact) mass is 270 g/mol. The van der Waals surface area contributed by atoms with Crippen molar-refractivity contribution in [3.63, 3.8) is 0 Å². The summed E-state index contributed by atoms with van der Waals surface area (Å²) in [5.74, 6) is 8.66. The molecule has 1 aromatic carbocycles. The maximum absolute atomic E-state index is 5.59. The Hall–Kier alpha value is -2.08. The zero-order chi connectivity index (χ0) is 14.1. The van der Waals surface area contributed by atoms with Crippen LogP contribution >= 0.6 is 0 Å². The average Bonchev–Trinajstić information content (AvgIpc) is 2.85. The smallest absolute Gasteiger partial charge is 0.203 e. The van der Waals surface area contributed by atoms with Crippen LogP contribution in [0.25, 0.3) is 0 Å². The second kappa shape index (κ2) is 5.13. The molecule has 3 heteroatoms. The van der Waals surface area contributed by atoms with Crippen LogP contribution in [0.1, 0.15) is 30.4 Å². The molecular weight excluding hydrogens is 252 g/mol. The van der Waals surface area contributed by atoms with E-state index in [0.29, 0.717) is 11.5 Å². The van der Waals surface area contributed by atoms with Crippen molar-refractivity contribution in [1.82, 2.24) is 0 Å². The molecule has 0 spiro atoms. The Kier molecular flexibility index (Phi) is 3.31. The van der Waals surface area contributed by atoms with Gasteiger partial charge in [-0.25, -0.2) is 0 Å². The van der Waals surface area contributed by atoms with E-state index in [1.54, 1.807) is 21.3 Å². The summed E-state index contributed by atoms with van der Waals surface area (Å²) >= 11 is 0. The van der Waals surface area contributed by atoms with Gasteiger partial charge in [0.05, 0.1) is 21.3 Å².